The number of rotatable bonds is 8. The molecule has 2 aromatic heterocycles. The number of fused-ring (bicyclic) bond motifs is 2. The molecule has 39 heavy (non-hydrogen) atoms. The lowest BCUT2D eigenvalue weighted by Gasteiger charge is -2.35. The summed E-state index contributed by atoms with van der Waals surface area (Å²) in [6.07, 6.45) is 4.72. The molecule has 0 radical (unpaired) electrons. The number of ether oxygens (including phenoxy) is 2. The standard InChI is InChI=1S/C30H36N4O5/c35-23-10-14-34(15-11-23)17-16-33-12-8-22(9-13-33)31-30(36)39-29-18-25-26(32-29)5-3-7-28(25)38-20-21-19-37-27-6-2-1-4-24(21)27/h1-7,18-19,22-23,32,35H,8-17,20H2,(H,31,36). The van der Waals surface area contributed by atoms with E-state index >= 15 is 0 Å². The molecular weight excluding hydrogens is 496 g/mol. The van der Waals surface area contributed by atoms with E-state index in [2.05, 4.69) is 20.1 Å². The molecule has 0 bridgehead atoms. The van der Waals surface area contributed by atoms with Gasteiger partial charge in [0.05, 0.1) is 17.9 Å². The molecule has 2 aliphatic heterocycles. The number of para-hydroxylation sites is 1. The fourth-order valence-corrected chi connectivity index (χ4v) is 5.61. The van der Waals surface area contributed by atoms with Crippen molar-refractivity contribution >= 4 is 28.0 Å². The predicted octanol–water partition coefficient (Wildman–Crippen LogP) is 4.50. The molecule has 0 unspecified atom stereocenters. The number of hydrogen-bond donors (Lipinski definition) is 3. The average Bonchev–Trinajstić information content (AvgIpc) is 3.56. The van der Waals surface area contributed by atoms with E-state index in [4.69, 9.17) is 13.9 Å². The van der Waals surface area contributed by atoms with Crippen molar-refractivity contribution in [2.45, 2.75) is 44.4 Å². The topological polar surface area (TPSA) is 103 Å². The summed E-state index contributed by atoms with van der Waals surface area (Å²) in [4.78, 5) is 20.7. The number of H-pyrrole nitrogens is 1. The number of amides is 1. The van der Waals surface area contributed by atoms with E-state index < -0.39 is 6.09 Å². The number of piperidine rings is 2. The van der Waals surface area contributed by atoms with Crippen LogP contribution < -0.4 is 14.8 Å². The highest BCUT2D eigenvalue weighted by Gasteiger charge is 2.23. The highest BCUT2D eigenvalue weighted by Crippen LogP contribution is 2.31. The maximum absolute atomic E-state index is 12.7. The number of nitrogens with zero attached hydrogens (tertiary/aromatic N) is 2. The van der Waals surface area contributed by atoms with Crippen LogP contribution in [0.4, 0.5) is 4.79 Å². The third-order valence-corrected chi connectivity index (χ3v) is 7.95. The molecule has 2 aromatic carbocycles. The summed E-state index contributed by atoms with van der Waals surface area (Å²) < 4.78 is 17.4. The maximum Gasteiger partial charge on any atom is 0.414 e. The lowest BCUT2D eigenvalue weighted by Crippen LogP contribution is -2.47. The van der Waals surface area contributed by atoms with Crippen LogP contribution in [0, 0.1) is 0 Å². The Hall–Kier alpha value is -3.53. The largest absolute Gasteiger partial charge is 0.488 e. The molecule has 0 spiro atoms. The van der Waals surface area contributed by atoms with Gasteiger partial charge >= 0.3 is 6.09 Å². The van der Waals surface area contributed by atoms with Crippen LogP contribution in [0.1, 0.15) is 31.2 Å². The molecule has 6 rings (SSSR count). The minimum Gasteiger partial charge on any atom is -0.488 e. The van der Waals surface area contributed by atoms with Gasteiger partial charge in [0.1, 0.15) is 17.9 Å². The van der Waals surface area contributed by atoms with Gasteiger partial charge in [0.25, 0.3) is 0 Å². The highest BCUT2D eigenvalue weighted by atomic mass is 16.6. The molecule has 206 valence electrons. The average molecular weight is 533 g/mol. The number of aromatic amines is 1. The second-order valence-electron chi connectivity index (χ2n) is 10.6. The number of carbonyl (C=O) groups is 1. The smallest absolute Gasteiger partial charge is 0.414 e. The monoisotopic (exact) mass is 532 g/mol. The van der Waals surface area contributed by atoms with Crippen molar-refractivity contribution in [3.05, 3.63) is 60.4 Å². The summed E-state index contributed by atoms with van der Waals surface area (Å²) in [6.45, 7) is 6.32. The summed E-state index contributed by atoms with van der Waals surface area (Å²) in [5, 5.41) is 14.6. The van der Waals surface area contributed by atoms with E-state index in [1.54, 1.807) is 12.3 Å². The van der Waals surface area contributed by atoms with Crippen molar-refractivity contribution in [1.82, 2.24) is 20.1 Å². The molecular formula is C30H36N4O5. The molecule has 9 heteroatoms. The zero-order valence-electron chi connectivity index (χ0n) is 22.1. The third kappa shape index (κ3) is 6.21. The van der Waals surface area contributed by atoms with Gasteiger partial charge in [-0.1, -0.05) is 24.3 Å². The number of aliphatic hydroxyl groups excluding tert-OH is 1. The van der Waals surface area contributed by atoms with Crippen molar-refractivity contribution in [1.29, 1.82) is 0 Å². The summed E-state index contributed by atoms with van der Waals surface area (Å²) in [6, 6.07) is 15.5. The van der Waals surface area contributed by atoms with Gasteiger partial charge < -0.3 is 39.1 Å². The molecule has 2 aliphatic rings. The van der Waals surface area contributed by atoms with Gasteiger partial charge in [-0.05, 0) is 43.9 Å². The van der Waals surface area contributed by atoms with Crippen LogP contribution in [0.3, 0.4) is 0 Å². The van der Waals surface area contributed by atoms with Gasteiger partial charge in [0.15, 0.2) is 0 Å². The Kier molecular flexibility index (Phi) is 7.71. The molecule has 4 heterocycles. The lowest BCUT2D eigenvalue weighted by molar-refractivity contribution is 0.0739. The predicted molar refractivity (Wildman–Crippen MR) is 149 cm³/mol. The van der Waals surface area contributed by atoms with Crippen LogP contribution in [-0.4, -0.2) is 77.4 Å². The molecule has 3 N–H and O–H groups in total. The highest BCUT2D eigenvalue weighted by molar-refractivity contribution is 5.88. The minimum absolute atomic E-state index is 0.104. The molecule has 2 saturated heterocycles. The number of hydrogen-bond acceptors (Lipinski definition) is 7. The summed E-state index contributed by atoms with van der Waals surface area (Å²) in [5.74, 6) is 1.09. The molecule has 9 nitrogen and oxygen atoms in total. The quantitative estimate of drug-likeness (QED) is 0.307. The normalized spacial score (nSPS) is 18.1. The van der Waals surface area contributed by atoms with Gasteiger partial charge in [-0.3, -0.25) is 0 Å². The van der Waals surface area contributed by atoms with Gasteiger partial charge in [0, 0.05) is 67.7 Å². The van der Waals surface area contributed by atoms with Crippen LogP contribution >= 0.6 is 0 Å². The number of aliphatic hydroxyl groups is 1. The van der Waals surface area contributed by atoms with Crippen LogP contribution in [0.25, 0.3) is 21.9 Å². The molecule has 0 atom stereocenters. The van der Waals surface area contributed by atoms with Crippen LogP contribution in [-0.2, 0) is 6.61 Å². The summed E-state index contributed by atoms with van der Waals surface area (Å²) >= 11 is 0. The first-order valence-corrected chi connectivity index (χ1v) is 13.9. The first-order chi connectivity index (χ1) is 19.1. The Morgan fingerprint density at radius 1 is 0.974 bits per heavy atom. The zero-order valence-corrected chi connectivity index (χ0v) is 22.1. The van der Waals surface area contributed by atoms with Crippen molar-refractivity contribution < 1.29 is 23.8 Å². The Balaban J connectivity index is 0.984. The number of aromatic nitrogens is 1. The summed E-state index contributed by atoms with van der Waals surface area (Å²) in [5.41, 5.74) is 2.65. The van der Waals surface area contributed by atoms with Gasteiger partial charge in [-0.2, -0.15) is 0 Å². The van der Waals surface area contributed by atoms with Gasteiger partial charge in [-0.25, -0.2) is 4.79 Å². The van der Waals surface area contributed by atoms with E-state index in [1.807, 2.05) is 42.5 Å². The molecule has 1 amide bonds. The number of benzene rings is 2. The second-order valence-corrected chi connectivity index (χ2v) is 10.6. The Labute approximate surface area is 227 Å². The number of likely N-dealkylation sites (tertiary alicyclic amines) is 2. The Morgan fingerprint density at radius 2 is 1.72 bits per heavy atom. The lowest BCUT2D eigenvalue weighted by atomic mass is 10.1. The third-order valence-electron chi connectivity index (χ3n) is 7.95. The van der Waals surface area contributed by atoms with Crippen molar-refractivity contribution in [3.8, 4) is 11.6 Å². The Bertz CT molecular complexity index is 1400. The minimum atomic E-state index is -0.445. The fraction of sp³-hybridized carbons (Fsp3) is 0.433. The van der Waals surface area contributed by atoms with Crippen molar-refractivity contribution in [3.63, 3.8) is 0 Å². The number of nitrogens with one attached hydrogen (secondary N) is 2. The molecule has 0 saturated carbocycles. The maximum atomic E-state index is 12.7. The SMILES string of the molecule is O=C(NC1CCN(CCN2CCC(O)CC2)CC1)Oc1cc2c(OCc3coc4ccccc34)cccc2[nH]1. The second kappa shape index (κ2) is 11.7. The first kappa shape index (κ1) is 25.7. The Morgan fingerprint density at radius 3 is 2.51 bits per heavy atom. The zero-order chi connectivity index (χ0) is 26.6. The van der Waals surface area contributed by atoms with Crippen LogP contribution in [0.2, 0.25) is 0 Å². The molecule has 4 aromatic rings. The van der Waals surface area contributed by atoms with E-state index in [0.717, 1.165) is 92.4 Å². The van der Waals surface area contributed by atoms with E-state index in [0.29, 0.717) is 18.2 Å². The van der Waals surface area contributed by atoms with Gasteiger partial charge in [-0.15, -0.1) is 0 Å². The molecule has 0 aliphatic carbocycles. The first-order valence-electron chi connectivity index (χ1n) is 13.9. The van der Waals surface area contributed by atoms with Crippen LogP contribution in [0.5, 0.6) is 11.6 Å². The summed E-state index contributed by atoms with van der Waals surface area (Å²) in [7, 11) is 0. The van der Waals surface area contributed by atoms with E-state index in [1.165, 1.54) is 0 Å². The van der Waals surface area contributed by atoms with E-state index in [9.17, 15) is 9.90 Å². The van der Waals surface area contributed by atoms with Crippen molar-refractivity contribution in [2.24, 2.45) is 0 Å². The molecule has 2 fully saturated rings. The van der Waals surface area contributed by atoms with Crippen molar-refractivity contribution in [2.75, 3.05) is 39.3 Å². The van der Waals surface area contributed by atoms with E-state index in [-0.39, 0.29) is 12.1 Å². The fourth-order valence-electron chi connectivity index (χ4n) is 5.61. The van der Waals surface area contributed by atoms with Gasteiger partial charge in [0.2, 0.25) is 5.88 Å². The number of carbonyl (C=O) groups excluding carboxylic acids is 1. The van der Waals surface area contributed by atoms with Crippen LogP contribution in [0.15, 0.2) is 59.2 Å². The number of furan rings is 1.